The first-order valence-electron chi connectivity index (χ1n) is 5.05. The van der Waals surface area contributed by atoms with Crippen LogP contribution in [0, 0.1) is 11.3 Å². The number of nitrogen functional groups attached to an aromatic ring is 1. The standard InChI is InChI=1S/C10H14N4S/c1-14-4-2-7(3-5-14)9-8(6-11)15-10(12)13-9/h7H,2-5H2,1H3,(H2,12,13). The van der Waals surface area contributed by atoms with Crippen molar-refractivity contribution in [3.8, 4) is 6.07 Å². The van der Waals surface area contributed by atoms with E-state index in [0.29, 0.717) is 15.9 Å². The van der Waals surface area contributed by atoms with E-state index in [-0.39, 0.29) is 0 Å². The molecule has 80 valence electrons. The van der Waals surface area contributed by atoms with Gasteiger partial charge in [0.15, 0.2) is 5.13 Å². The first-order chi connectivity index (χ1) is 7.20. The minimum absolute atomic E-state index is 0.421. The third-order valence-corrected chi connectivity index (χ3v) is 3.68. The zero-order valence-corrected chi connectivity index (χ0v) is 9.55. The first-order valence-corrected chi connectivity index (χ1v) is 5.87. The van der Waals surface area contributed by atoms with Crippen molar-refractivity contribution < 1.29 is 0 Å². The smallest absolute Gasteiger partial charge is 0.181 e. The van der Waals surface area contributed by atoms with Gasteiger partial charge in [-0.25, -0.2) is 4.98 Å². The van der Waals surface area contributed by atoms with Crippen LogP contribution in [0.2, 0.25) is 0 Å². The molecule has 0 aliphatic carbocycles. The van der Waals surface area contributed by atoms with Gasteiger partial charge in [0, 0.05) is 5.92 Å². The quantitative estimate of drug-likeness (QED) is 0.780. The molecule has 2 rings (SSSR count). The monoisotopic (exact) mass is 222 g/mol. The Labute approximate surface area is 93.3 Å². The number of aromatic nitrogens is 1. The summed E-state index contributed by atoms with van der Waals surface area (Å²) in [5.74, 6) is 0.421. The fraction of sp³-hybridized carbons (Fsp3) is 0.600. The Bertz CT molecular complexity index is 385. The van der Waals surface area contributed by atoms with Gasteiger partial charge in [-0.3, -0.25) is 0 Å². The molecule has 0 radical (unpaired) electrons. The van der Waals surface area contributed by atoms with Gasteiger partial charge in [-0.2, -0.15) is 5.26 Å². The van der Waals surface area contributed by atoms with Crippen LogP contribution in [-0.2, 0) is 0 Å². The molecule has 1 aliphatic heterocycles. The average molecular weight is 222 g/mol. The Morgan fingerprint density at radius 3 is 2.80 bits per heavy atom. The van der Waals surface area contributed by atoms with Crippen molar-refractivity contribution in [1.29, 1.82) is 5.26 Å². The number of hydrogen-bond donors (Lipinski definition) is 1. The lowest BCUT2D eigenvalue weighted by Gasteiger charge is -2.27. The third kappa shape index (κ3) is 2.11. The van der Waals surface area contributed by atoms with Gasteiger partial charge in [-0.05, 0) is 33.0 Å². The summed E-state index contributed by atoms with van der Waals surface area (Å²) in [6.07, 6.45) is 2.16. The largest absolute Gasteiger partial charge is 0.375 e. The number of nitrogens with zero attached hydrogens (tertiary/aromatic N) is 3. The van der Waals surface area contributed by atoms with E-state index in [1.165, 1.54) is 11.3 Å². The zero-order valence-electron chi connectivity index (χ0n) is 8.73. The molecule has 1 aliphatic rings. The average Bonchev–Trinajstić information content (AvgIpc) is 2.61. The topological polar surface area (TPSA) is 65.9 Å². The highest BCUT2D eigenvalue weighted by Gasteiger charge is 2.23. The van der Waals surface area contributed by atoms with Gasteiger partial charge in [-0.15, -0.1) is 0 Å². The van der Waals surface area contributed by atoms with E-state index in [1.54, 1.807) is 0 Å². The maximum atomic E-state index is 8.97. The molecule has 4 nitrogen and oxygen atoms in total. The van der Waals surface area contributed by atoms with E-state index in [2.05, 4.69) is 23.0 Å². The van der Waals surface area contributed by atoms with Crippen molar-refractivity contribution in [3.05, 3.63) is 10.6 Å². The molecule has 0 saturated carbocycles. The molecule has 15 heavy (non-hydrogen) atoms. The van der Waals surface area contributed by atoms with Crippen LogP contribution in [0.15, 0.2) is 0 Å². The van der Waals surface area contributed by atoms with E-state index in [4.69, 9.17) is 11.0 Å². The highest BCUT2D eigenvalue weighted by Crippen LogP contribution is 2.32. The summed E-state index contributed by atoms with van der Waals surface area (Å²) < 4.78 is 0. The molecule has 0 bridgehead atoms. The summed E-state index contributed by atoms with van der Waals surface area (Å²) >= 11 is 1.30. The molecule has 0 unspecified atom stereocenters. The number of nitriles is 1. The Morgan fingerprint density at radius 2 is 2.20 bits per heavy atom. The molecular formula is C10H14N4S. The van der Waals surface area contributed by atoms with E-state index >= 15 is 0 Å². The second kappa shape index (κ2) is 4.17. The van der Waals surface area contributed by atoms with Crippen molar-refractivity contribution in [1.82, 2.24) is 9.88 Å². The molecule has 2 heterocycles. The van der Waals surface area contributed by atoms with Crippen LogP contribution in [0.1, 0.15) is 29.3 Å². The molecule has 1 saturated heterocycles. The molecule has 5 heteroatoms. The summed E-state index contributed by atoms with van der Waals surface area (Å²) in [7, 11) is 2.12. The van der Waals surface area contributed by atoms with Gasteiger partial charge in [-0.1, -0.05) is 11.3 Å². The fourth-order valence-corrected chi connectivity index (χ4v) is 2.70. The lowest BCUT2D eigenvalue weighted by atomic mass is 9.93. The molecule has 1 fully saturated rings. The first kappa shape index (κ1) is 10.4. The third-order valence-electron chi connectivity index (χ3n) is 2.88. The SMILES string of the molecule is CN1CCC(c2nc(N)sc2C#N)CC1. The summed E-state index contributed by atoms with van der Waals surface area (Å²) in [5, 5.41) is 9.48. The fourth-order valence-electron chi connectivity index (χ4n) is 1.99. The summed E-state index contributed by atoms with van der Waals surface area (Å²) in [5.41, 5.74) is 6.56. The Balaban J connectivity index is 2.19. The van der Waals surface area contributed by atoms with Crippen LogP contribution in [0.5, 0.6) is 0 Å². The second-order valence-corrected chi connectivity index (χ2v) is 4.99. The van der Waals surface area contributed by atoms with Crippen LogP contribution in [0.4, 0.5) is 5.13 Å². The number of piperidine rings is 1. The highest BCUT2D eigenvalue weighted by molar-refractivity contribution is 7.16. The highest BCUT2D eigenvalue weighted by atomic mass is 32.1. The lowest BCUT2D eigenvalue weighted by molar-refractivity contribution is 0.253. The van der Waals surface area contributed by atoms with Crippen molar-refractivity contribution in [2.24, 2.45) is 0 Å². The molecule has 1 aromatic rings. The van der Waals surface area contributed by atoms with Gasteiger partial charge in [0.05, 0.1) is 5.69 Å². The number of hydrogen-bond acceptors (Lipinski definition) is 5. The van der Waals surface area contributed by atoms with Gasteiger partial charge in [0.2, 0.25) is 0 Å². The predicted molar refractivity (Wildman–Crippen MR) is 60.7 cm³/mol. The minimum Gasteiger partial charge on any atom is -0.375 e. The number of nitrogens with two attached hydrogens (primary N) is 1. The number of rotatable bonds is 1. The Kier molecular flexibility index (Phi) is 2.89. The van der Waals surface area contributed by atoms with Crippen molar-refractivity contribution in [3.63, 3.8) is 0 Å². The molecule has 2 N–H and O–H groups in total. The lowest BCUT2D eigenvalue weighted by Crippen LogP contribution is -2.29. The van der Waals surface area contributed by atoms with Crippen molar-refractivity contribution in [2.75, 3.05) is 25.9 Å². The molecule has 0 spiro atoms. The van der Waals surface area contributed by atoms with Gasteiger partial charge in [0.25, 0.3) is 0 Å². The summed E-state index contributed by atoms with van der Waals surface area (Å²) in [6.45, 7) is 2.15. The van der Waals surface area contributed by atoms with E-state index in [1.807, 2.05) is 0 Å². The van der Waals surface area contributed by atoms with Crippen LogP contribution in [0.3, 0.4) is 0 Å². The van der Waals surface area contributed by atoms with Crippen molar-refractivity contribution >= 4 is 16.5 Å². The Hall–Kier alpha value is -1.12. The number of likely N-dealkylation sites (tertiary alicyclic amines) is 1. The van der Waals surface area contributed by atoms with Gasteiger partial charge < -0.3 is 10.6 Å². The van der Waals surface area contributed by atoms with Crippen LogP contribution in [0.25, 0.3) is 0 Å². The summed E-state index contributed by atoms with van der Waals surface area (Å²) in [6, 6.07) is 2.19. The van der Waals surface area contributed by atoms with Gasteiger partial charge >= 0.3 is 0 Å². The van der Waals surface area contributed by atoms with Crippen LogP contribution < -0.4 is 5.73 Å². The number of thiazole rings is 1. The van der Waals surface area contributed by atoms with Crippen LogP contribution >= 0.6 is 11.3 Å². The molecular weight excluding hydrogens is 208 g/mol. The maximum absolute atomic E-state index is 8.97. The van der Waals surface area contributed by atoms with E-state index in [9.17, 15) is 0 Å². The number of anilines is 1. The normalized spacial score (nSPS) is 18.9. The van der Waals surface area contributed by atoms with E-state index in [0.717, 1.165) is 31.6 Å². The summed E-state index contributed by atoms with van der Waals surface area (Å²) in [4.78, 5) is 7.29. The maximum Gasteiger partial charge on any atom is 0.181 e. The van der Waals surface area contributed by atoms with Crippen LogP contribution in [-0.4, -0.2) is 30.0 Å². The minimum atomic E-state index is 0.421. The second-order valence-electron chi connectivity index (χ2n) is 3.96. The van der Waals surface area contributed by atoms with E-state index < -0.39 is 0 Å². The molecule has 0 amide bonds. The molecule has 0 atom stereocenters. The van der Waals surface area contributed by atoms with Crippen molar-refractivity contribution in [2.45, 2.75) is 18.8 Å². The zero-order chi connectivity index (χ0) is 10.8. The molecule has 1 aromatic heterocycles. The van der Waals surface area contributed by atoms with Gasteiger partial charge in [0.1, 0.15) is 10.9 Å². The Morgan fingerprint density at radius 1 is 1.53 bits per heavy atom. The predicted octanol–water partition coefficient (Wildman–Crippen LogP) is 1.41. The molecule has 0 aromatic carbocycles.